The van der Waals surface area contributed by atoms with Crippen molar-refractivity contribution in [2.24, 2.45) is 10.8 Å². The van der Waals surface area contributed by atoms with E-state index in [2.05, 4.69) is 131 Å². The second kappa shape index (κ2) is 61.6. The van der Waals surface area contributed by atoms with E-state index in [0.29, 0.717) is 214 Å². The first-order valence-corrected chi connectivity index (χ1v) is 48.9. The number of hydrogen-bond acceptors (Lipinski definition) is 31. The standard InChI is InChI=1S/C43H60O8SSi.C21H32N6O5S.C16H27N3O5S.C10H15N6.ClH/c1-42(2,3)53(6,7)51-33-41-32-35(34-52-41)12-11-23-46-24-25-47-26-27-48-28-29-49-30-31-50-43(36-13-9-8-10-14-36,37-15-19-39(44-4)20-16-37)38-17-21-40(45-5)22-18-38;22-3-5-29-7-9-31-11-10-30-8-6-28-4-1-2-16-12-17(33-14-16)13-32-20-18-19(25-15-24-18)26-21(23)27-20;17-19-18-3-5-22-7-9-24-11-10-23-8-6-21-4-1-2-15-12-16(13-20)25-14-15;1-16(4-2-3-5-16)9-7-8(13-6-12-7)14-10(11)15-9;/h8-10,13-22,32,34H,11-12,23-31,33H2,1-7H3;12,14-15H,1-11,13,22H2,(H3,23,24,25,26,27);12,14,20H,1-11,13H2;6H,2-5H2,1H3,(H3,11,12,13,14,15);1H/q;;;+1;/p-1. The number of thiophene rings is 3. The van der Waals surface area contributed by atoms with Gasteiger partial charge in [0.05, 0.1) is 206 Å². The Kier molecular flexibility index (Phi) is 51.5. The van der Waals surface area contributed by atoms with Crippen molar-refractivity contribution in [1.82, 2.24) is 44.4 Å². The molecule has 1 aliphatic rings. The molecule has 1 fully saturated rings. The number of imidazole rings is 2. The van der Waals surface area contributed by atoms with Crippen LogP contribution in [-0.2, 0) is 111 Å². The third-order valence-electron chi connectivity index (χ3n) is 20.6. The number of nitrogens with zero attached hydrogens (tertiary/aromatic N) is 10. The lowest BCUT2D eigenvalue weighted by atomic mass is 9.80. The molecular weight excluding hydrogens is 1740 g/mol. The Morgan fingerprint density at radius 3 is 1.32 bits per heavy atom. The highest BCUT2D eigenvalue weighted by atomic mass is 35.5. The van der Waals surface area contributed by atoms with Crippen LogP contribution in [-0.4, -0.2) is 266 Å². The predicted molar refractivity (Wildman–Crippen MR) is 500 cm³/mol. The molecule has 1 aliphatic heterocycles. The Hall–Kier alpha value is -8.00. The van der Waals surface area contributed by atoms with E-state index < -0.39 is 13.9 Å². The summed E-state index contributed by atoms with van der Waals surface area (Å²) in [4.78, 5) is 37.1. The number of aryl methyl sites for hydroxylation is 3. The van der Waals surface area contributed by atoms with Crippen LogP contribution >= 0.6 is 34.0 Å². The Morgan fingerprint density at radius 1 is 0.500 bits per heavy atom. The van der Waals surface area contributed by atoms with Gasteiger partial charge in [0.25, 0.3) is 5.82 Å². The molecule has 0 amide bonds. The molecule has 9 N–H and O–H groups in total. The van der Waals surface area contributed by atoms with Gasteiger partial charge in [0.1, 0.15) is 29.2 Å². The van der Waals surface area contributed by atoms with E-state index in [0.717, 1.165) is 112 Å². The van der Waals surface area contributed by atoms with E-state index >= 15 is 0 Å². The minimum Gasteiger partial charge on any atom is -1.00 e. The number of quaternary nitrogens is 1. The number of nitrogens with one attached hydrogen (secondary N) is 2. The van der Waals surface area contributed by atoms with Gasteiger partial charge >= 0.3 is 0 Å². The molecule has 3 aromatic carbocycles. The molecule has 0 unspecified atom stereocenters. The van der Waals surface area contributed by atoms with Crippen molar-refractivity contribution in [3.8, 4) is 17.4 Å². The summed E-state index contributed by atoms with van der Waals surface area (Å²) in [6.07, 6.45) is 11.5. The van der Waals surface area contributed by atoms with Gasteiger partial charge in [0.2, 0.25) is 17.8 Å². The molecule has 128 heavy (non-hydrogen) atoms. The van der Waals surface area contributed by atoms with E-state index in [4.69, 9.17) is 108 Å². The fraction of sp³-hybridized carbons (Fsp3) is 0.556. The second-order valence-electron chi connectivity index (χ2n) is 31.1. The van der Waals surface area contributed by atoms with Crippen molar-refractivity contribution in [1.29, 1.82) is 0 Å². The van der Waals surface area contributed by atoms with Crippen LogP contribution in [0.25, 0.3) is 32.8 Å². The maximum absolute atomic E-state index is 9.01. The van der Waals surface area contributed by atoms with E-state index in [1.165, 1.54) is 34.4 Å². The number of azide groups is 1. The zero-order valence-electron chi connectivity index (χ0n) is 75.6. The normalized spacial score (nSPS) is 12.5. The first-order valence-electron chi connectivity index (χ1n) is 43.4. The third-order valence-corrected chi connectivity index (χ3v) is 28.0. The topological polar surface area (TPSA) is 413 Å². The summed E-state index contributed by atoms with van der Waals surface area (Å²) in [5.41, 5.74) is 33.6. The van der Waals surface area contributed by atoms with Crippen molar-refractivity contribution < 1.29 is 97.7 Å². The summed E-state index contributed by atoms with van der Waals surface area (Å²) in [7, 11) is 3.80. The minimum atomic E-state index is -1.73. The molecule has 706 valence electrons. The number of fused-ring (bicyclic) bond motifs is 2. The molecule has 11 rings (SSSR count). The molecule has 0 atom stereocenters. The number of nitrogen functional groups attached to an aromatic ring is 2. The van der Waals surface area contributed by atoms with E-state index in [9.17, 15) is 0 Å². The first kappa shape index (κ1) is 107. The van der Waals surface area contributed by atoms with Crippen molar-refractivity contribution in [2.75, 3.05) is 224 Å². The largest absolute Gasteiger partial charge is 1.00 e. The molecule has 1 saturated heterocycles. The number of rotatable bonds is 61. The quantitative estimate of drug-likeness (QED) is 0.00392. The summed E-state index contributed by atoms with van der Waals surface area (Å²) < 4.78 is 97.0. The summed E-state index contributed by atoms with van der Waals surface area (Å²) in [6, 6.07) is 32.7. The van der Waals surface area contributed by atoms with Crippen LogP contribution in [0.1, 0.15) is 101 Å². The molecule has 8 heterocycles. The van der Waals surface area contributed by atoms with Gasteiger partial charge in [-0.2, -0.15) is 19.9 Å². The monoisotopic (exact) mass is 1870 g/mol. The highest BCUT2D eigenvalue weighted by Crippen LogP contribution is 2.42. The fourth-order valence-corrected chi connectivity index (χ4v) is 16.4. The lowest BCUT2D eigenvalue weighted by Gasteiger charge is -2.36. The maximum atomic E-state index is 9.01. The number of hydrogen-bond donors (Lipinski definition) is 6. The zero-order chi connectivity index (χ0) is 90.3. The summed E-state index contributed by atoms with van der Waals surface area (Å²) >= 11 is 5.04. The number of halogens is 1. The van der Waals surface area contributed by atoms with Crippen molar-refractivity contribution in [3.63, 3.8) is 0 Å². The molecule has 0 aliphatic carbocycles. The van der Waals surface area contributed by atoms with Crippen LogP contribution < -0.4 is 48.3 Å². The molecule has 38 heteroatoms. The van der Waals surface area contributed by atoms with E-state index in [1.54, 1.807) is 60.9 Å². The third kappa shape index (κ3) is 38.8. The van der Waals surface area contributed by atoms with Gasteiger partial charge < -0.3 is 125 Å². The maximum Gasteiger partial charge on any atom is 0.258 e. The second-order valence-corrected chi connectivity index (χ2v) is 38.9. The molecule has 33 nitrogen and oxygen atoms in total. The van der Waals surface area contributed by atoms with Crippen LogP contribution in [0.15, 0.2) is 131 Å². The van der Waals surface area contributed by atoms with Crippen molar-refractivity contribution in [3.05, 3.63) is 184 Å². The van der Waals surface area contributed by atoms with E-state index in [-0.39, 0.29) is 30.0 Å². The van der Waals surface area contributed by atoms with Gasteiger partial charge in [-0.1, -0.05) is 80.5 Å². The Balaban J connectivity index is 0.000000254. The number of benzene rings is 3. The Morgan fingerprint density at radius 2 is 0.891 bits per heavy atom. The number of likely N-dealkylation sites (tertiary alicyclic amines) is 1. The number of anilines is 2. The summed E-state index contributed by atoms with van der Waals surface area (Å²) in [6.45, 7) is 29.2. The smallest absolute Gasteiger partial charge is 0.258 e. The molecule has 0 bridgehead atoms. The van der Waals surface area contributed by atoms with Gasteiger partial charge in [-0.25, -0.2) is 9.97 Å². The minimum absolute atomic E-state index is 0. The lowest BCUT2D eigenvalue weighted by Crippen LogP contribution is -3.00. The number of aromatic nitrogens is 8. The van der Waals surface area contributed by atoms with Crippen LogP contribution in [0.4, 0.5) is 17.7 Å². The molecular formula is C90H134ClN15O18S3Si. The van der Waals surface area contributed by atoms with Gasteiger partial charge in [-0.05, 0) is 154 Å². The Bertz CT molecular complexity index is 4570. The summed E-state index contributed by atoms with van der Waals surface area (Å²) in [5, 5.41) is 19.1. The fourth-order valence-electron chi connectivity index (χ4n) is 12.9. The average Bonchev–Trinajstić information content (AvgIpc) is 0.815. The van der Waals surface area contributed by atoms with Crippen LogP contribution in [0.5, 0.6) is 17.4 Å². The predicted octanol–water partition coefficient (Wildman–Crippen LogP) is 11.0. The number of aliphatic hydroxyl groups excluding tert-OH is 1. The molecule has 0 saturated carbocycles. The molecule has 7 aromatic heterocycles. The number of aromatic amines is 2. The van der Waals surface area contributed by atoms with Crippen LogP contribution in [0.2, 0.25) is 18.1 Å². The molecule has 0 radical (unpaired) electrons. The van der Waals surface area contributed by atoms with E-state index in [1.807, 2.05) is 72.8 Å². The van der Waals surface area contributed by atoms with Crippen molar-refractivity contribution in [2.45, 2.75) is 116 Å². The SMILES string of the molecule is COc1ccc(C(OCCOCCOCCOCCOCCCc2csc(CO[Si](C)(C)C(C)(C)C)c2)(c2ccccc2)c2ccc(OC)cc2)cc1.C[N+]1(c2nc(N)nc3nc[nH]c23)CCCC1.NCCOCCOCCOCCOCCCc1csc(COc2nc(N)nc3nc[nH]c23)c1.[Cl-].[N-]=[N+]=NCCOCCOCCOCCOCCCc1csc(CO)c1. The lowest BCUT2D eigenvalue weighted by molar-refractivity contribution is -0.0384. The van der Waals surface area contributed by atoms with Crippen molar-refractivity contribution >= 4 is 82.4 Å². The summed E-state index contributed by atoms with van der Waals surface area (Å²) in [5.74, 6) is 3.39. The van der Waals surface area contributed by atoms with Gasteiger partial charge in [-0.15, -0.1) is 34.0 Å². The van der Waals surface area contributed by atoms with Gasteiger partial charge in [0, 0.05) is 65.3 Å². The van der Waals surface area contributed by atoms with Gasteiger partial charge in [0.15, 0.2) is 25.1 Å². The van der Waals surface area contributed by atoms with Crippen LogP contribution in [0, 0.1) is 0 Å². The highest BCUT2D eigenvalue weighted by molar-refractivity contribution is 7.10. The Labute approximate surface area is 772 Å². The number of ether oxygens (including phenoxy) is 16. The number of H-pyrrole nitrogens is 2. The molecule has 0 spiro atoms. The zero-order valence-corrected chi connectivity index (χ0v) is 79.8. The van der Waals surface area contributed by atoms with Crippen LogP contribution in [0.3, 0.4) is 0 Å². The number of nitrogens with two attached hydrogens (primary N) is 3. The highest BCUT2D eigenvalue weighted by Gasteiger charge is 2.39. The number of methoxy groups -OCH3 is 2. The molecule has 10 aromatic rings. The first-order chi connectivity index (χ1) is 61.9. The average molecular weight is 1870 g/mol. The number of aliphatic hydroxyl groups is 1. The van der Waals surface area contributed by atoms with Gasteiger partial charge in [-0.3, -0.25) is 4.48 Å².